The summed E-state index contributed by atoms with van der Waals surface area (Å²) in [5, 5.41) is 0.476. The second-order valence-electron chi connectivity index (χ2n) is 7.00. The molecule has 0 bridgehead atoms. The second kappa shape index (κ2) is 7.87. The minimum absolute atomic E-state index is 0.124. The number of fused-ring (bicyclic) bond motifs is 1. The Balaban J connectivity index is 1.66. The number of aromatic nitrogens is 1. The Hall–Kier alpha value is -2.86. The van der Waals surface area contributed by atoms with Crippen molar-refractivity contribution in [2.24, 2.45) is 5.92 Å². The van der Waals surface area contributed by atoms with Crippen molar-refractivity contribution in [1.82, 2.24) is 4.98 Å². The molecule has 1 aromatic heterocycles. The van der Waals surface area contributed by atoms with E-state index >= 15 is 0 Å². The van der Waals surface area contributed by atoms with Crippen LogP contribution in [-0.2, 0) is 20.7 Å². The number of nitrogens with zero attached hydrogens (tertiary/aromatic N) is 2. The predicted octanol–water partition coefficient (Wildman–Crippen LogP) is 4.63. The third-order valence-electron chi connectivity index (χ3n) is 5.10. The van der Waals surface area contributed by atoms with E-state index in [0.717, 1.165) is 11.9 Å². The van der Waals surface area contributed by atoms with Gasteiger partial charge in [0.2, 0.25) is 11.8 Å². The van der Waals surface area contributed by atoms with Crippen LogP contribution >= 0.6 is 11.6 Å². The number of oxazole rings is 1. The van der Waals surface area contributed by atoms with Crippen molar-refractivity contribution in [1.29, 1.82) is 0 Å². The molecule has 1 aliphatic rings. The van der Waals surface area contributed by atoms with Crippen LogP contribution in [0.1, 0.15) is 25.8 Å². The molecule has 7 heteroatoms. The molecule has 4 rings (SSSR count). The molecule has 2 heterocycles. The van der Waals surface area contributed by atoms with Crippen LogP contribution < -0.4 is 4.90 Å². The molecule has 0 aliphatic carbocycles. The van der Waals surface area contributed by atoms with Crippen molar-refractivity contribution in [3.05, 3.63) is 47.0 Å². The molecule has 3 aromatic rings. The lowest BCUT2D eigenvalue weighted by atomic mass is 10.1. The summed E-state index contributed by atoms with van der Waals surface area (Å²) in [6.45, 7) is 4.42. The molecule has 150 valence electrons. The van der Waals surface area contributed by atoms with Crippen LogP contribution in [0.25, 0.3) is 22.6 Å². The van der Waals surface area contributed by atoms with Crippen molar-refractivity contribution < 1.29 is 18.7 Å². The maximum Gasteiger partial charge on any atom is 0.311 e. The van der Waals surface area contributed by atoms with Gasteiger partial charge in [0, 0.05) is 18.7 Å². The number of aryl methyl sites for hydroxylation is 1. The van der Waals surface area contributed by atoms with Crippen LogP contribution in [0.5, 0.6) is 0 Å². The van der Waals surface area contributed by atoms with Gasteiger partial charge in [0.15, 0.2) is 5.58 Å². The van der Waals surface area contributed by atoms with Crippen molar-refractivity contribution in [2.45, 2.75) is 26.7 Å². The van der Waals surface area contributed by atoms with E-state index in [1.165, 1.54) is 5.56 Å². The second-order valence-corrected chi connectivity index (χ2v) is 7.40. The number of hydrogen-bond donors (Lipinski definition) is 0. The maximum absolute atomic E-state index is 12.5. The lowest BCUT2D eigenvalue weighted by Gasteiger charge is -2.17. The third kappa shape index (κ3) is 3.72. The topological polar surface area (TPSA) is 72.6 Å². The number of ether oxygens (including phenoxy) is 1. The average Bonchev–Trinajstić information content (AvgIpc) is 3.31. The molecular weight excluding hydrogens is 392 g/mol. The largest absolute Gasteiger partial charge is 0.466 e. The summed E-state index contributed by atoms with van der Waals surface area (Å²) in [6, 6.07) is 11.1. The number of hydrogen-bond acceptors (Lipinski definition) is 5. The van der Waals surface area contributed by atoms with Gasteiger partial charge in [-0.1, -0.05) is 24.6 Å². The van der Waals surface area contributed by atoms with E-state index in [4.69, 9.17) is 20.8 Å². The van der Waals surface area contributed by atoms with Gasteiger partial charge in [-0.2, -0.15) is 0 Å². The van der Waals surface area contributed by atoms with Crippen molar-refractivity contribution in [3.8, 4) is 11.5 Å². The fourth-order valence-electron chi connectivity index (χ4n) is 3.53. The van der Waals surface area contributed by atoms with Crippen molar-refractivity contribution in [3.63, 3.8) is 0 Å². The Bertz CT molecular complexity index is 1090. The van der Waals surface area contributed by atoms with Gasteiger partial charge in [0.1, 0.15) is 5.52 Å². The normalized spacial score (nSPS) is 16.6. The van der Waals surface area contributed by atoms with Gasteiger partial charge in [-0.15, -0.1) is 0 Å². The van der Waals surface area contributed by atoms with Crippen LogP contribution in [0.3, 0.4) is 0 Å². The van der Waals surface area contributed by atoms with Gasteiger partial charge in [-0.25, -0.2) is 4.98 Å². The lowest BCUT2D eigenvalue weighted by Crippen LogP contribution is -2.26. The Morgan fingerprint density at radius 3 is 2.86 bits per heavy atom. The first-order valence-electron chi connectivity index (χ1n) is 9.66. The molecule has 1 atom stereocenters. The highest BCUT2D eigenvalue weighted by atomic mass is 35.5. The number of carbonyl (C=O) groups excluding carboxylic acids is 2. The Morgan fingerprint density at radius 2 is 2.10 bits per heavy atom. The van der Waals surface area contributed by atoms with Crippen LogP contribution in [-0.4, -0.2) is 30.0 Å². The molecule has 1 unspecified atom stereocenters. The summed E-state index contributed by atoms with van der Waals surface area (Å²) in [4.78, 5) is 30.7. The van der Waals surface area contributed by atoms with Crippen molar-refractivity contribution >= 4 is 40.3 Å². The van der Waals surface area contributed by atoms with E-state index in [1.807, 2.05) is 18.2 Å². The van der Waals surface area contributed by atoms with Gasteiger partial charge < -0.3 is 14.1 Å². The fraction of sp³-hybridized carbons (Fsp3) is 0.318. The highest BCUT2D eigenvalue weighted by molar-refractivity contribution is 6.33. The zero-order valence-electron chi connectivity index (χ0n) is 16.3. The summed E-state index contributed by atoms with van der Waals surface area (Å²) in [5.74, 6) is -0.531. The van der Waals surface area contributed by atoms with Crippen LogP contribution in [0.15, 0.2) is 40.8 Å². The number of benzene rings is 2. The van der Waals surface area contributed by atoms with E-state index in [0.29, 0.717) is 34.4 Å². The first kappa shape index (κ1) is 19.5. The van der Waals surface area contributed by atoms with E-state index in [2.05, 4.69) is 11.9 Å². The fourth-order valence-corrected chi connectivity index (χ4v) is 3.73. The Kier molecular flexibility index (Phi) is 5.28. The first-order valence-corrected chi connectivity index (χ1v) is 10.0. The van der Waals surface area contributed by atoms with E-state index < -0.39 is 5.92 Å². The van der Waals surface area contributed by atoms with Crippen LogP contribution in [0.4, 0.5) is 5.69 Å². The summed E-state index contributed by atoms with van der Waals surface area (Å²) >= 11 is 6.40. The average molecular weight is 413 g/mol. The molecule has 0 radical (unpaired) electrons. The van der Waals surface area contributed by atoms with Gasteiger partial charge in [-0.3, -0.25) is 9.59 Å². The summed E-state index contributed by atoms with van der Waals surface area (Å²) in [6.07, 6.45) is 1.05. The van der Waals surface area contributed by atoms with Gasteiger partial charge in [-0.05, 0) is 49.2 Å². The molecule has 1 aliphatic heterocycles. The number of amides is 1. The van der Waals surface area contributed by atoms with E-state index in [-0.39, 0.29) is 24.8 Å². The summed E-state index contributed by atoms with van der Waals surface area (Å²) < 4.78 is 11.0. The molecule has 1 saturated heterocycles. The highest BCUT2D eigenvalue weighted by Crippen LogP contribution is 2.35. The van der Waals surface area contributed by atoms with Gasteiger partial charge >= 0.3 is 5.97 Å². The molecule has 29 heavy (non-hydrogen) atoms. The number of carbonyl (C=O) groups is 2. The summed E-state index contributed by atoms with van der Waals surface area (Å²) in [7, 11) is 0. The first-order chi connectivity index (χ1) is 14.0. The van der Waals surface area contributed by atoms with Crippen molar-refractivity contribution in [2.75, 3.05) is 18.1 Å². The van der Waals surface area contributed by atoms with Gasteiger partial charge in [0.25, 0.3) is 0 Å². The van der Waals surface area contributed by atoms with E-state index in [1.54, 1.807) is 30.0 Å². The molecule has 0 N–H and O–H groups in total. The van der Waals surface area contributed by atoms with E-state index in [9.17, 15) is 9.59 Å². The minimum atomic E-state index is -0.460. The molecule has 1 amide bonds. The Morgan fingerprint density at radius 1 is 1.28 bits per heavy atom. The monoisotopic (exact) mass is 412 g/mol. The predicted molar refractivity (Wildman–Crippen MR) is 111 cm³/mol. The number of esters is 1. The smallest absolute Gasteiger partial charge is 0.311 e. The zero-order valence-corrected chi connectivity index (χ0v) is 17.0. The number of halogens is 1. The quantitative estimate of drug-likeness (QED) is 0.571. The Labute approximate surface area is 173 Å². The zero-order chi connectivity index (χ0) is 20.5. The summed E-state index contributed by atoms with van der Waals surface area (Å²) in [5.41, 5.74) is 3.87. The number of anilines is 1. The molecule has 0 saturated carbocycles. The lowest BCUT2D eigenvalue weighted by molar-refractivity contribution is -0.147. The maximum atomic E-state index is 12.5. The molecule has 2 aromatic carbocycles. The molecular formula is C22H21ClN2O4. The molecule has 0 spiro atoms. The van der Waals surface area contributed by atoms with Crippen LogP contribution in [0, 0.1) is 5.92 Å². The molecule has 1 fully saturated rings. The third-order valence-corrected chi connectivity index (χ3v) is 5.43. The highest BCUT2D eigenvalue weighted by Gasteiger charge is 2.36. The van der Waals surface area contributed by atoms with Gasteiger partial charge in [0.05, 0.1) is 23.1 Å². The van der Waals surface area contributed by atoms with Crippen LogP contribution in [0.2, 0.25) is 5.02 Å². The standard InChI is InChI=1S/C22H21ClN2O4/c1-3-13-5-8-19-18(9-13)24-21(29-19)16-11-15(6-7-17(16)23)25-12-14(10-20(25)26)22(27)28-4-2/h5-9,11,14H,3-4,10,12H2,1-2H3. The minimum Gasteiger partial charge on any atom is -0.466 e. The number of rotatable bonds is 5. The molecule has 6 nitrogen and oxygen atoms in total. The SMILES string of the molecule is CCOC(=O)C1CC(=O)N(c2ccc(Cl)c(-c3nc4cc(CC)ccc4o3)c2)C1.